The second-order valence-corrected chi connectivity index (χ2v) is 2.78. The van der Waals surface area contributed by atoms with E-state index < -0.39 is 11.9 Å². The summed E-state index contributed by atoms with van der Waals surface area (Å²) in [7, 11) is 0. The van der Waals surface area contributed by atoms with Crippen LogP contribution in [0.1, 0.15) is 26.3 Å². The molecule has 0 amide bonds. The molecule has 1 rings (SSSR count). The molecular formula is C9H7O6-. The Labute approximate surface area is 84.3 Å². The number of hydrogen-bond donors (Lipinski definition) is 2. The third-order valence-electron chi connectivity index (χ3n) is 1.71. The summed E-state index contributed by atoms with van der Waals surface area (Å²) in [6.45, 7) is -0.290. The Morgan fingerprint density at radius 2 is 1.87 bits per heavy atom. The van der Waals surface area contributed by atoms with E-state index in [9.17, 15) is 14.7 Å². The van der Waals surface area contributed by atoms with E-state index in [0.717, 1.165) is 12.1 Å². The van der Waals surface area contributed by atoms with E-state index in [4.69, 9.17) is 10.4 Å². The predicted octanol–water partition coefficient (Wildman–Crippen LogP) is -0.262. The van der Waals surface area contributed by atoms with Crippen molar-refractivity contribution in [3.63, 3.8) is 0 Å². The zero-order chi connectivity index (χ0) is 11.4. The van der Waals surface area contributed by atoms with E-state index in [-0.39, 0.29) is 23.3 Å². The summed E-state index contributed by atoms with van der Waals surface area (Å²) >= 11 is 0. The summed E-state index contributed by atoms with van der Waals surface area (Å²) in [5.74, 6) is -2.76. The van der Waals surface area contributed by atoms with Gasteiger partial charge in [0.1, 0.15) is 6.61 Å². The Bertz CT molecular complexity index is 365. The monoisotopic (exact) mass is 211 g/mol. The van der Waals surface area contributed by atoms with Crippen molar-refractivity contribution in [2.45, 2.75) is 6.61 Å². The zero-order valence-corrected chi connectivity index (χ0v) is 7.47. The third-order valence-corrected chi connectivity index (χ3v) is 1.71. The van der Waals surface area contributed by atoms with Crippen molar-refractivity contribution in [1.29, 1.82) is 0 Å². The van der Waals surface area contributed by atoms with E-state index in [2.05, 4.69) is 4.89 Å². The van der Waals surface area contributed by atoms with Gasteiger partial charge in [0.15, 0.2) is 0 Å². The number of carboxylic acids is 2. The lowest BCUT2D eigenvalue weighted by atomic mass is 10.1. The van der Waals surface area contributed by atoms with Gasteiger partial charge in [0.25, 0.3) is 0 Å². The van der Waals surface area contributed by atoms with E-state index >= 15 is 0 Å². The first-order valence-electron chi connectivity index (χ1n) is 3.89. The van der Waals surface area contributed by atoms with Gasteiger partial charge in [-0.1, -0.05) is 0 Å². The van der Waals surface area contributed by atoms with Crippen LogP contribution in [-0.4, -0.2) is 22.3 Å². The van der Waals surface area contributed by atoms with Crippen molar-refractivity contribution >= 4 is 11.9 Å². The lowest BCUT2D eigenvalue weighted by Crippen LogP contribution is -2.23. The molecule has 0 aliphatic carbocycles. The zero-order valence-electron chi connectivity index (χ0n) is 7.47. The Balaban J connectivity index is 3.19. The highest BCUT2D eigenvalue weighted by molar-refractivity contribution is 5.93. The molecule has 0 aliphatic heterocycles. The summed E-state index contributed by atoms with van der Waals surface area (Å²) in [6, 6.07) is 3.33. The van der Waals surface area contributed by atoms with Crippen LogP contribution in [-0.2, 0) is 11.5 Å². The average molecular weight is 211 g/mol. The van der Waals surface area contributed by atoms with Gasteiger partial charge in [-0.2, -0.15) is 0 Å². The summed E-state index contributed by atoms with van der Waals surface area (Å²) in [4.78, 5) is 24.9. The van der Waals surface area contributed by atoms with Gasteiger partial charge in [0.05, 0.1) is 11.5 Å². The largest absolute Gasteiger partial charge is 0.545 e. The Hall–Kier alpha value is -1.92. The van der Waals surface area contributed by atoms with Crippen LogP contribution in [0.2, 0.25) is 0 Å². The molecule has 0 atom stereocenters. The normalized spacial score (nSPS) is 9.93. The topological polar surface area (TPSA) is 107 Å². The third kappa shape index (κ3) is 2.76. The summed E-state index contributed by atoms with van der Waals surface area (Å²) in [6.07, 6.45) is 0. The maximum Gasteiger partial charge on any atom is 0.335 e. The van der Waals surface area contributed by atoms with E-state index in [1.165, 1.54) is 6.07 Å². The molecule has 0 fully saturated rings. The van der Waals surface area contributed by atoms with Crippen molar-refractivity contribution < 1.29 is 29.9 Å². The van der Waals surface area contributed by atoms with Crippen LogP contribution in [0.4, 0.5) is 0 Å². The van der Waals surface area contributed by atoms with Crippen LogP contribution in [0, 0.1) is 0 Å². The lowest BCUT2D eigenvalue weighted by molar-refractivity contribution is -0.255. The van der Waals surface area contributed by atoms with Gasteiger partial charge < -0.3 is 15.0 Å². The SMILES string of the molecule is O=C([O-])c1cc(COO)cc(C(=O)O)c1. The number of hydrogen-bond acceptors (Lipinski definition) is 5. The van der Waals surface area contributed by atoms with Gasteiger partial charge in [0, 0.05) is 0 Å². The Morgan fingerprint density at radius 3 is 2.33 bits per heavy atom. The molecule has 1 aromatic rings. The van der Waals surface area contributed by atoms with Gasteiger partial charge in [-0.05, 0) is 29.3 Å². The van der Waals surface area contributed by atoms with Crippen LogP contribution < -0.4 is 5.11 Å². The molecular weight excluding hydrogens is 204 g/mol. The first-order valence-corrected chi connectivity index (χ1v) is 3.89. The van der Waals surface area contributed by atoms with Gasteiger partial charge >= 0.3 is 5.97 Å². The first kappa shape index (κ1) is 11.2. The number of aromatic carboxylic acids is 2. The molecule has 0 aliphatic rings. The maximum atomic E-state index is 10.6. The molecule has 80 valence electrons. The minimum atomic E-state index is -1.49. The summed E-state index contributed by atoms with van der Waals surface area (Å²) in [5, 5.41) is 27.4. The molecule has 0 bridgehead atoms. The molecule has 0 spiro atoms. The predicted molar refractivity (Wildman–Crippen MR) is 45.1 cm³/mol. The fraction of sp³-hybridized carbons (Fsp3) is 0.111. The molecule has 0 saturated carbocycles. The summed E-state index contributed by atoms with van der Waals surface area (Å²) < 4.78 is 0. The first-order chi connectivity index (χ1) is 7.04. The van der Waals surface area contributed by atoms with Crippen molar-refractivity contribution in [3.05, 3.63) is 34.9 Å². The Morgan fingerprint density at radius 1 is 1.27 bits per heavy atom. The standard InChI is InChI=1S/C9H8O6/c10-8(11)6-1-5(4-15-14)2-7(3-6)9(12)13/h1-3,14H,4H2,(H,10,11)(H,12,13)/p-1. The van der Waals surface area contributed by atoms with Crippen LogP contribution in [0.15, 0.2) is 18.2 Å². The number of rotatable bonds is 4. The maximum absolute atomic E-state index is 10.6. The molecule has 15 heavy (non-hydrogen) atoms. The molecule has 6 nitrogen and oxygen atoms in total. The molecule has 0 unspecified atom stereocenters. The molecule has 2 N–H and O–H groups in total. The minimum Gasteiger partial charge on any atom is -0.545 e. The van der Waals surface area contributed by atoms with Crippen LogP contribution in [0.25, 0.3) is 0 Å². The van der Waals surface area contributed by atoms with Crippen LogP contribution >= 0.6 is 0 Å². The molecule has 0 aromatic heterocycles. The quantitative estimate of drug-likeness (QED) is 0.524. The highest BCUT2D eigenvalue weighted by Gasteiger charge is 2.07. The van der Waals surface area contributed by atoms with Crippen molar-refractivity contribution in [2.24, 2.45) is 0 Å². The van der Waals surface area contributed by atoms with Crippen molar-refractivity contribution in [3.8, 4) is 0 Å². The highest BCUT2D eigenvalue weighted by atomic mass is 17.1. The molecule has 0 heterocycles. The number of benzene rings is 1. The lowest BCUT2D eigenvalue weighted by Gasteiger charge is -2.07. The molecule has 1 aromatic carbocycles. The second kappa shape index (κ2) is 4.54. The second-order valence-electron chi connectivity index (χ2n) is 2.78. The summed E-state index contributed by atoms with van der Waals surface area (Å²) in [5.41, 5.74) is -0.248. The highest BCUT2D eigenvalue weighted by Crippen LogP contribution is 2.11. The number of carbonyl (C=O) groups excluding carboxylic acids is 1. The molecule has 0 saturated heterocycles. The minimum absolute atomic E-state index is 0.205. The fourth-order valence-electron chi connectivity index (χ4n) is 1.09. The van der Waals surface area contributed by atoms with Gasteiger partial charge in [-0.3, -0.25) is 5.26 Å². The number of carbonyl (C=O) groups is 2. The van der Waals surface area contributed by atoms with Crippen molar-refractivity contribution in [2.75, 3.05) is 0 Å². The average Bonchev–Trinajstić information content (AvgIpc) is 2.17. The van der Waals surface area contributed by atoms with E-state index in [1.807, 2.05) is 0 Å². The van der Waals surface area contributed by atoms with Crippen LogP contribution in [0.3, 0.4) is 0 Å². The van der Waals surface area contributed by atoms with Crippen LogP contribution in [0.5, 0.6) is 0 Å². The smallest absolute Gasteiger partial charge is 0.335 e. The van der Waals surface area contributed by atoms with Gasteiger partial charge in [0.2, 0.25) is 0 Å². The van der Waals surface area contributed by atoms with E-state index in [1.54, 1.807) is 0 Å². The van der Waals surface area contributed by atoms with Gasteiger partial charge in [-0.15, -0.1) is 0 Å². The van der Waals surface area contributed by atoms with Crippen molar-refractivity contribution in [1.82, 2.24) is 0 Å². The number of carboxylic acid groups (broad SMARTS) is 2. The fourth-order valence-corrected chi connectivity index (χ4v) is 1.09. The Kier molecular flexibility index (Phi) is 3.37. The van der Waals surface area contributed by atoms with E-state index in [0.29, 0.717) is 0 Å². The van der Waals surface area contributed by atoms with Gasteiger partial charge in [-0.25, -0.2) is 9.68 Å². The molecule has 0 radical (unpaired) electrons. The molecule has 6 heteroatoms.